The van der Waals surface area contributed by atoms with E-state index in [1.165, 1.54) is 17.1 Å². The van der Waals surface area contributed by atoms with Crippen LogP contribution in [0.1, 0.15) is 12.1 Å². The lowest BCUT2D eigenvalue weighted by Crippen LogP contribution is -2.71. The first-order chi connectivity index (χ1) is 19.2. The fraction of sp³-hybridized carbons (Fsp3) is 0.318. The summed E-state index contributed by atoms with van der Waals surface area (Å²) < 4.78 is 31.7. The number of thioether (sulfide) groups is 1. The number of carboxylic acids is 2. The normalized spacial score (nSPS) is 21.6. The van der Waals surface area contributed by atoms with Gasteiger partial charge < -0.3 is 31.4 Å². The van der Waals surface area contributed by atoms with Crippen LogP contribution in [0.15, 0.2) is 46.1 Å². The molecule has 3 aliphatic rings. The van der Waals surface area contributed by atoms with Gasteiger partial charge in [0.25, 0.3) is 11.8 Å². The van der Waals surface area contributed by atoms with E-state index >= 15 is 0 Å². The molecule has 41 heavy (non-hydrogen) atoms. The molecule has 4 heterocycles. The van der Waals surface area contributed by atoms with E-state index in [2.05, 4.69) is 22.0 Å². The summed E-state index contributed by atoms with van der Waals surface area (Å²) in [6.45, 7) is 4.53. The number of halogens is 3. The standard InChI is InChI=1S/C20H20N6O6S2.C2HF3O2/c1-2-4-25-5-3-9(16(25)28)6-10-7-33-18-13(17(29)26(18)14(10)19(30)31)23-15(27)12(24-32)11-8-34-20(21)22-11;3-2(4,5)1(6)7/h2,6,8,13,18,32H,1,3-5,7H2,(H2,21,22)(H,23,27)(H,30,31);(H,6,7)/b9-6+,24-12-;/t13-,18-;/m1./s1. The molecule has 3 amide bonds. The van der Waals surface area contributed by atoms with Gasteiger partial charge in [-0.3, -0.25) is 19.3 Å². The summed E-state index contributed by atoms with van der Waals surface area (Å²) in [5.74, 6) is -5.50. The van der Waals surface area contributed by atoms with E-state index in [1.54, 1.807) is 17.1 Å². The van der Waals surface area contributed by atoms with Crippen LogP contribution in [-0.2, 0) is 24.0 Å². The highest BCUT2D eigenvalue weighted by Gasteiger charge is 2.54. The zero-order valence-corrected chi connectivity index (χ0v) is 22.3. The van der Waals surface area contributed by atoms with Gasteiger partial charge in [0.1, 0.15) is 22.8 Å². The second kappa shape index (κ2) is 12.4. The third-order valence-corrected chi connectivity index (χ3v) is 7.70. The number of anilines is 1. The number of hydrogen-bond acceptors (Lipinski definition) is 11. The number of carboxylic acid groups (broad SMARTS) is 2. The lowest BCUT2D eigenvalue weighted by atomic mass is 10.0. The number of oxime groups is 1. The molecule has 0 aromatic carbocycles. The number of nitrogens with one attached hydrogen (secondary N) is 1. The Hall–Kier alpha value is -4.39. The van der Waals surface area contributed by atoms with Crippen molar-refractivity contribution in [3.05, 3.63) is 46.6 Å². The summed E-state index contributed by atoms with van der Waals surface area (Å²) in [4.78, 5) is 65.5. The minimum absolute atomic E-state index is 0.0502. The maximum atomic E-state index is 12.8. The maximum absolute atomic E-state index is 12.8. The average molecular weight is 619 g/mol. The second-order valence-corrected chi connectivity index (χ2v) is 10.3. The highest BCUT2D eigenvalue weighted by molar-refractivity contribution is 8.00. The molecule has 0 bridgehead atoms. The van der Waals surface area contributed by atoms with Crippen molar-refractivity contribution in [3.63, 3.8) is 0 Å². The predicted molar refractivity (Wildman–Crippen MR) is 138 cm³/mol. The summed E-state index contributed by atoms with van der Waals surface area (Å²) in [5.41, 5.74) is 5.79. The number of nitrogens with zero attached hydrogens (tertiary/aromatic N) is 4. The Kier molecular flexibility index (Phi) is 9.43. The van der Waals surface area contributed by atoms with Gasteiger partial charge in [-0.2, -0.15) is 13.2 Å². The Morgan fingerprint density at radius 1 is 1.29 bits per heavy atom. The fourth-order valence-electron chi connectivity index (χ4n) is 3.91. The third-order valence-electron chi connectivity index (χ3n) is 5.72. The van der Waals surface area contributed by atoms with Gasteiger partial charge in [-0.15, -0.1) is 29.7 Å². The van der Waals surface area contributed by atoms with Gasteiger partial charge in [-0.25, -0.2) is 14.6 Å². The molecule has 1 aromatic heterocycles. The number of hydrogen-bond donors (Lipinski definition) is 5. The van der Waals surface area contributed by atoms with Crippen molar-refractivity contribution in [2.24, 2.45) is 5.16 Å². The van der Waals surface area contributed by atoms with E-state index < -0.39 is 47.1 Å². The van der Waals surface area contributed by atoms with E-state index in [0.29, 0.717) is 30.7 Å². The number of thiazole rings is 1. The first-order valence-corrected chi connectivity index (χ1v) is 13.2. The van der Waals surface area contributed by atoms with Crippen molar-refractivity contribution in [1.82, 2.24) is 20.1 Å². The molecule has 6 N–H and O–H groups in total. The quantitative estimate of drug-likeness (QED) is 0.0713. The van der Waals surface area contributed by atoms with Crippen molar-refractivity contribution in [1.29, 1.82) is 0 Å². The van der Waals surface area contributed by atoms with E-state index in [4.69, 9.17) is 15.6 Å². The molecular formula is C22H21F3N6O8S2. The number of nitrogens with two attached hydrogens (primary N) is 1. The Labute approximate surface area is 236 Å². The van der Waals surface area contributed by atoms with Gasteiger partial charge in [0.05, 0.1) is 0 Å². The molecule has 4 rings (SSSR count). The molecule has 19 heteroatoms. The summed E-state index contributed by atoms with van der Waals surface area (Å²) in [5, 5.41) is 32.6. The fourth-order valence-corrected chi connectivity index (χ4v) is 5.77. The summed E-state index contributed by atoms with van der Waals surface area (Å²) >= 11 is 2.31. The van der Waals surface area contributed by atoms with Crippen molar-refractivity contribution in [2.45, 2.75) is 24.0 Å². The molecule has 2 fully saturated rings. The Morgan fingerprint density at radius 2 is 1.95 bits per heavy atom. The van der Waals surface area contributed by atoms with Crippen LogP contribution in [0.3, 0.4) is 0 Å². The number of alkyl halides is 3. The van der Waals surface area contributed by atoms with Gasteiger partial charge >= 0.3 is 18.1 Å². The third kappa shape index (κ3) is 6.68. The number of likely N-dealkylation sites (tertiary alicyclic amines) is 1. The monoisotopic (exact) mass is 618 g/mol. The minimum Gasteiger partial charge on any atom is -0.477 e. The van der Waals surface area contributed by atoms with E-state index in [-0.39, 0.29) is 28.2 Å². The topological polar surface area (TPSA) is 216 Å². The Balaban J connectivity index is 0.000000587. The second-order valence-electron chi connectivity index (χ2n) is 8.32. The Morgan fingerprint density at radius 3 is 2.46 bits per heavy atom. The number of nitrogen functional groups attached to an aromatic ring is 1. The Bertz CT molecular complexity index is 1390. The number of aliphatic carboxylic acids is 2. The first kappa shape index (κ1) is 31.1. The molecule has 0 spiro atoms. The van der Waals surface area contributed by atoms with Crippen LogP contribution >= 0.6 is 23.1 Å². The maximum Gasteiger partial charge on any atom is 0.490 e. The lowest BCUT2D eigenvalue weighted by Gasteiger charge is -2.49. The van der Waals surface area contributed by atoms with Crippen molar-refractivity contribution >= 4 is 63.6 Å². The molecule has 3 aliphatic heterocycles. The molecule has 2 saturated heterocycles. The van der Waals surface area contributed by atoms with Crippen LogP contribution in [0.5, 0.6) is 0 Å². The number of rotatable bonds is 7. The zero-order chi connectivity index (χ0) is 30.6. The number of aromatic nitrogens is 1. The number of allylic oxidation sites excluding steroid dienone is 1. The molecule has 0 saturated carbocycles. The van der Waals surface area contributed by atoms with Crippen molar-refractivity contribution in [3.8, 4) is 0 Å². The first-order valence-electron chi connectivity index (χ1n) is 11.3. The smallest absolute Gasteiger partial charge is 0.477 e. The lowest BCUT2D eigenvalue weighted by molar-refractivity contribution is -0.192. The largest absolute Gasteiger partial charge is 0.490 e. The van der Waals surface area contributed by atoms with E-state index in [9.17, 15) is 42.7 Å². The molecule has 1 aromatic rings. The number of amides is 3. The van der Waals surface area contributed by atoms with E-state index in [1.807, 2.05) is 0 Å². The van der Waals surface area contributed by atoms with Crippen molar-refractivity contribution in [2.75, 3.05) is 24.6 Å². The molecule has 0 radical (unpaired) electrons. The minimum atomic E-state index is -5.08. The number of carbonyl (C=O) groups is 5. The number of fused-ring (bicyclic) bond motifs is 1. The highest BCUT2D eigenvalue weighted by Crippen LogP contribution is 2.41. The van der Waals surface area contributed by atoms with Crippen LogP contribution in [-0.4, -0.2) is 102 Å². The van der Waals surface area contributed by atoms with Crippen LogP contribution in [0.25, 0.3) is 0 Å². The van der Waals surface area contributed by atoms with Gasteiger partial charge in [0, 0.05) is 29.8 Å². The van der Waals surface area contributed by atoms with Crippen LogP contribution in [0, 0.1) is 0 Å². The van der Waals surface area contributed by atoms with Gasteiger partial charge in [-0.1, -0.05) is 11.2 Å². The van der Waals surface area contributed by atoms with Crippen LogP contribution < -0.4 is 11.1 Å². The molecule has 220 valence electrons. The zero-order valence-electron chi connectivity index (χ0n) is 20.6. The molecule has 14 nitrogen and oxygen atoms in total. The van der Waals surface area contributed by atoms with Gasteiger partial charge in [-0.05, 0) is 18.1 Å². The molecule has 0 aliphatic carbocycles. The SMILES string of the molecule is C=CCN1CC/C(=C\C2=C(C(=O)O)N3C(=O)[C@@H](NC(=O)/C(=N\O)c4csc(N)n4)[C@H]3SC2)C1=O.O=C(O)C(F)(F)F. The predicted octanol–water partition coefficient (Wildman–Crippen LogP) is 0.620. The summed E-state index contributed by atoms with van der Waals surface area (Å²) in [6.07, 6.45) is -1.46. The van der Waals surface area contributed by atoms with Crippen LogP contribution in [0.4, 0.5) is 18.3 Å². The molecule has 0 unspecified atom stereocenters. The van der Waals surface area contributed by atoms with E-state index in [0.717, 1.165) is 16.2 Å². The molecular weight excluding hydrogens is 597 g/mol. The summed E-state index contributed by atoms with van der Waals surface area (Å²) in [7, 11) is 0. The summed E-state index contributed by atoms with van der Waals surface area (Å²) in [6, 6.07) is -1.02. The molecule has 2 atom stereocenters. The average Bonchev–Trinajstić information content (AvgIpc) is 3.48. The number of β-lactam (4-membered cyclic amide) rings is 1. The van der Waals surface area contributed by atoms with Gasteiger partial charge in [0.15, 0.2) is 10.8 Å². The van der Waals surface area contributed by atoms with Gasteiger partial charge in [0.2, 0.25) is 5.91 Å². The van der Waals surface area contributed by atoms with Crippen LogP contribution in [0.2, 0.25) is 0 Å². The highest BCUT2D eigenvalue weighted by atomic mass is 32.2. The number of carbonyl (C=O) groups excluding carboxylic acids is 3. The van der Waals surface area contributed by atoms with Crippen molar-refractivity contribution < 1.29 is 52.6 Å².